The van der Waals surface area contributed by atoms with Crippen molar-refractivity contribution in [3.63, 3.8) is 0 Å². The van der Waals surface area contributed by atoms with Crippen molar-refractivity contribution in [1.29, 1.82) is 0 Å². The Kier molecular flexibility index (Phi) is 28.3. The van der Waals surface area contributed by atoms with Crippen LogP contribution in [0.5, 0.6) is 0 Å². The van der Waals surface area contributed by atoms with Crippen molar-refractivity contribution in [2.24, 2.45) is 0 Å². The predicted octanol–water partition coefficient (Wildman–Crippen LogP) is -10.8. The maximum atomic E-state index is 11.2. The second-order valence-electron chi connectivity index (χ2n) is 21.9. The van der Waals surface area contributed by atoms with Crippen LogP contribution in [0.2, 0.25) is 0 Å². The third kappa shape index (κ3) is 17.3. The van der Waals surface area contributed by atoms with Crippen LogP contribution in [0.3, 0.4) is 0 Å². The molecule has 514 valence electrons. The molecule has 20 N–H and O–H groups in total. The van der Waals surface area contributed by atoms with Crippen LogP contribution in [0.1, 0.15) is 40.4 Å². The summed E-state index contributed by atoms with van der Waals surface area (Å²) in [5.74, 6) is 0.973. The Morgan fingerprint density at radius 1 is 0.333 bits per heavy atom. The van der Waals surface area contributed by atoms with Gasteiger partial charge in [-0.3, -0.25) is 0 Å². The Bertz CT molecular complexity index is 2620. The summed E-state index contributed by atoms with van der Waals surface area (Å²) in [6, 6.07) is 0. The summed E-state index contributed by atoms with van der Waals surface area (Å²) in [4.78, 5) is 0. The maximum Gasteiger partial charge on any atom is 0.181 e. The first-order chi connectivity index (χ1) is 43.2. The summed E-state index contributed by atoms with van der Waals surface area (Å²) >= 11 is 4.41. The smallest absolute Gasteiger partial charge is 0.181 e. The second kappa shape index (κ2) is 34.6. The molecule has 3 aromatic rings. The number of rotatable bonds is 32. The topological polar surface area (TPSA) is 561 Å². The van der Waals surface area contributed by atoms with Crippen molar-refractivity contribution in [1.82, 2.24) is 45.0 Å². The zero-order chi connectivity index (χ0) is 65.1. The standard InChI is InChI=1S/C50H83N9O27S4/c60-13-26-31(65)36(70)41(75)46(82-26)59-25(19-81-8-6-58-24(4-12-90-50-45(79)40(74)35(69)30(17-64)86-50)21(52-55-58)2-10-88-48-43(77)38(72)33(67)28(15-62)84-48)22(53-56-59)18-80-7-5-57-23(3-11-89-49-44(78)39(73)34(68)29(16-63)85-49)20(51-54-57)1-9-87-47-42(76)37(71)32(66)27(14-61)83-47/h26-50,60-79H,1-19H2/t26-,27-,28-,29-,30-,31-,32+,33+,34+,35+,36+,37+,38+,39+,40+,41-,42-,43-,44-,45-,46-,47+,48+,49+,50+/m1/s1. The van der Waals surface area contributed by atoms with Crippen molar-refractivity contribution in [2.75, 3.05) is 69.3 Å². The van der Waals surface area contributed by atoms with Gasteiger partial charge < -0.3 is 135 Å². The van der Waals surface area contributed by atoms with Crippen LogP contribution in [0.15, 0.2) is 0 Å². The van der Waals surface area contributed by atoms with E-state index < -0.39 is 183 Å². The van der Waals surface area contributed by atoms with E-state index in [0.717, 1.165) is 51.7 Å². The van der Waals surface area contributed by atoms with Gasteiger partial charge >= 0.3 is 0 Å². The second-order valence-corrected chi connectivity index (χ2v) is 26.8. The Morgan fingerprint density at radius 2 is 0.644 bits per heavy atom. The lowest BCUT2D eigenvalue weighted by Crippen LogP contribution is -2.57. The molecule has 0 spiro atoms. The molecule has 8 rings (SSSR count). The molecule has 8 heterocycles. The van der Waals surface area contributed by atoms with Crippen molar-refractivity contribution in [3.8, 4) is 0 Å². The molecule has 5 fully saturated rings. The van der Waals surface area contributed by atoms with E-state index in [2.05, 4.69) is 30.9 Å². The van der Waals surface area contributed by atoms with Crippen molar-refractivity contribution < 1.29 is 135 Å². The molecule has 0 unspecified atom stereocenters. The zero-order valence-electron chi connectivity index (χ0n) is 48.3. The van der Waals surface area contributed by atoms with E-state index in [0.29, 0.717) is 22.8 Å². The first-order valence-corrected chi connectivity index (χ1v) is 33.3. The van der Waals surface area contributed by atoms with Gasteiger partial charge in [-0.15, -0.1) is 62.3 Å². The van der Waals surface area contributed by atoms with Crippen LogP contribution >= 0.6 is 47.0 Å². The highest BCUT2D eigenvalue weighted by Crippen LogP contribution is 2.35. The summed E-state index contributed by atoms with van der Waals surface area (Å²) in [7, 11) is 0. The maximum absolute atomic E-state index is 11.2. The normalized spacial score (nSPS) is 37.7. The van der Waals surface area contributed by atoms with E-state index >= 15 is 0 Å². The fourth-order valence-corrected chi connectivity index (χ4v) is 15.2. The SMILES string of the molecule is OC[C@H]1O[C@@H](SCCc2nnn(CCOCc3nnn([C@@H]4O[C@H](CO)[C@@H](O)[C@H](O)[C@H]4O)c3COCCn3nnc(CCS[C@@H]4O[C@H](CO)[C@H](O)[C@H](O)[C@H]4O)c3CCS[C@@H]3O[C@H](CO)[C@H](O)[C@H](O)[C@H]3O)c2CCS[C@@H]2O[C@H](CO)[C@H](O)[C@H](O)[C@H]2O)[C@H](O)[C@@H](O)[C@H]1O. The summed E-state index contributed by atoms with van der Waals surface area (Å²) in [6.07, 6.45) is -30.3. The van der Waals surface area contributed by atoms with Gasteiger partial charge in [-0.2, -0.15) is 0 Å². The van der Waals surface area contributed by atoms with Gasteiger partial charge in [0.2, 0.25) is 0 Å². The highest BCUT2D eigenvalue weighted by atomic mass is 32.2. The Hall–Kier alpha value is -2.26. The lowest BCUT2D eigenvalue weighted by Gasteiger charge is -2.40. The van der Waals surface area contributed by atoms with Crippen molar-refractivity contribution in [3.05, 3.63) is 34.2 Å². The fourth-order valence-electron chi connectivity index (χ4n) is 10.7. The average molecular weight is 1370 g/mol. The number of ether oxygens (including phenoxy) is 7. The number of aromatic nitrogens is 9. The van der Waals surface area contributed by atoms with Crippen LogP contribution in [0.25, 0.3) is 0 Å². The Morgan fingerprint density at radius 3 is 1.00 bits per heavy atom. The molecule has 0 amide bonds. The van der Waals surface area contributed by atoms with E-state index in [1.807, 2.05) is 0 Å². The average Bonchev–Trinajstić information content (AvgIpc) is 1.59. The van der Waals surface area contributed by atoms with E-state index in [4.69, 9.17) is 33.2 Å². The number of aliphatic hydroxyl groups excluding tert-OH is 20. The van der Waals surface area contributed by atoms with E-state index in [-0.39, 0.29) is 99.6 Å². The summed E-state index contributed by atoms with van der Waals surface area (Å²) in [5, 5.41) is 233. The van der Waals surface area contributed by atoms with Gasteiger partial charge in [-0.25, -0.2) is 14.0 Å². The number of hydrogen-bond acceptors (Lipinski definition) is 37. The molecule has 0 aromatic carbocycles. The molecule has 5 aliphatic heterocycles. The van der Waals surface area contributed by atoms with Gasteiger partial charge in [0.25, 0.3) is 0 Å². The molecular formula is C50H83N9O27S4. The lowest BCUT2D eigenvalue weighted by atomic mass is 9.98. The van der Waals surface area contributed by atoms with Crippen molar-refractivity contribution >= 4 is 47.0 Å². The van der Waals surface area contributed by atoms with E-state index in [9.17, 15) is 102 Å². The molecule has 90 heavy (non-hydrogen) atoms. The third-order valence-corrected chi connectivity index (χ3v) is 20.7. The first-order valence-electron chi connectivity index (χ1n) is 29.1. The molecule has 3 aromatic heterocycles. The Labute approximate surface area is 530 Å². The van der Waals surface area contributed by atoms with Gasteiger partial charge in [-0.1, -0.05) is 15.6 Å². The molecule has 5 aliphatic rings. The number of nitrogens with zero attached hydrogens (tertiary/aromatic N) is 9. The molecule has 5 saturated heterocycles. The van der Waals surface area contributed by atoms with Crippen molar-refractivity contribution in [2.45, 2.75) is 202 Å². The van der Waals surface area contributed by atoms with E-state index in [1.54, 1.807) is 9.36 Å². The minimum Gasteiger partial charge on any atom is -0.394 e. The summed E-state index contributed by atoms with van der Waals surface area (Å²) in [5.41, 5.74) is -1.64. The quantitative estimate of drug-likeness (QED) is 0.0258. The van der Waals surface area contributed by atoms with E-state index in [1.165, 1.54) is 0 Å². The van der Waals surface area contributed by atoms with Gasteiger partial charge in [0.05, 0.1) is 101 Å². The lowest BCUT2D eigenvalue weighted by molar-refractivity contribution is -0.255. The minimum absolute atomic E-state index is 0.0461. The molecule has 0 radical (unpaired) electrons. The molecule has 0 bridgehead atoms. The summed E-state index contributed by atoms with van der Waals surface area (Å²) < 4.78 is 45.1. The number of aliphatic hydroxyl groups is 20. The molecular weight excluding hydrogens is 1290 g/mol. The van der Waals surface area contributed by atoms with Crippen LogP contribution < -0.4 is 0 Å². The molecule has 25 atom stereocenters. The minimum atomic E-state index is -1.79. The molecule has 0 aliphatic carbocycles. The third-order valence-electron chi connectivity index (χ3n) is 16.1. The number of thioether (sulfide) groups is 4. The van der Waals surface area contributed by atoms with Crippen LogP contribution in [0, 0.1) is 0 Å². The molecule has 0 saturated carbocycles. The van der Waals surface area contributed by atoms with Crippen LogP contribution in [-0.2, 0) is 85.1 Å². The van der Waals surface area contributed by atoms with Gasteiger partial charge in [-0.05, 0) is 0 Å². The zero-order valence-corrected chi connectivity index (χ0v) is 51.6. The highest BCUT2D eigenvalue weighted by Gasteiger charge is 2.49. The monoisotopic (exact) mass is 1370 g/mol. The fraction of sp³-hybridized carbons (Fsp3) is 0.880. The first kappa shape index (κ1) is 73.5. The largest absolute Gasteiger partial charge is 0.394 e. The summed E-state index contributed by atoms with van der Waals surface area (Å²) in [6.45, 7) is -3.76. The molecule has 36 nitrogen and oxygen atoms in total. The Balaban J connectivity index is 0.953. The highest BCUT2D eigenvalue weighted by molar-refractivity contribution is 8.00. The molecule has 40 heteroatoms. The van der Waals surface area contributed by atoms with Crippen LogP contribution in [0.4, 0.5) is 0 Å². The van der Waals surface area contributed by atoms with Crippen LogP contribution in [-0.4, -0.2) is 360 Å². The van der Waals surface area contributed by atoms with Gasteiger partial charge in [0.1, 0.15) is 150 Å². The van der Waals surface area contributed by atoms with Gasteiger partial charge in [0.15, 0.2) is 6.23 Å². The number of hydrogen-bond donors (Lipinski definition) is 20. The predicted molar refractivity (Wildman–Crippen MR) is 308 cm³/mol. The number of aryl methyl sites for hydroxylation is 2. The van der Waals surface area contributed by atoms with Gasteiger partial charge in [0, 0.05) is 48.7 Å².